The minimum Gasteiger partial charge on any atom is -0.0631 e. The summed E-state index contributed by atoms with van der Waals surface area (Å²) in [6.07, 6.45) is 0. The molecule has 0 aliphatic rings. The van der Waals surface area contributed by atoms with Crippen molar-refractivity contribution in [1.29, 1.82) is 0 Å². The van der Waals surface area contributed by atoms with Crippen LogP contribution in [0.25, 0.3) is 76.8 Å². The van der Waals surface area contributed by atoms with Crippen LogP contribution >= 0.6 is 0 Å². The second-order valence-electron chi connectivity index (χ2n) is 12.6. The standard InChI is InChI=1S/C48H32Si/c1-4-15-33(16-5-1)36-29-37(34-17-6-2-7-18-34)31-38(30-36)47-43-24-12-13-25-44(43)48(42-26-14-20-35-19-10-11-23-41(35)42)46-32-40(27-28-45(46)47)49-39-21-8-3-9-22-39/h1-32H. The van der Waals surface area contributed by atoms with Crippen LogP contribution in [0.15, 0.2) is 194 Å². The first-order valence-electron chi connectivity index (χ1n) is 16.9. The van der Waals surface area contributed by atoms with Crippen molar-refractivity contribution in [3.63, 3.8) is 0 Å². The predicted molar refractivity (Wildman–Crippen MR) is 212 cm³/mol. The van der Waals surface area contributed by atoms with Crippen molar-refractivity contribution in [2.75, 3.05) is 0 Å². The van der Waals surface area contributed by atoms with E-state index in [0.717, 1.165) is 0 Å². The van der Waals surface area contributed by atoms with Crippen molar-refractivity contribution < 1.29 is 0 Å². The van der Waals surface area contributed by atoms with Gasteiger partial charge in [0.25, 0.3) is 0 Å². The summed E-state index contributed by atoms with van der Waals surface area (Å²) in [6.45, 7) is 0. The lowest BCUT2D eigenvalue weighted by molar-refractivity contribution is 1.58. The highest BCUT2D eigenvalue weighted by Gasteiger charge is 2.20. The van der Waals surface area contributed by atoms with E-state index in [9.17, 15) is 0 Å². The van der Waals surface area contributed by atoms with Gasteiger partial charge in [0.2, 0.25) is 0 Å². The maximum atomic E-state index is 2.47. The lowest BCUT2D eigenvalue weighted by Gasteiger charge is -2.20. The smallest absolute Gasteiger partial charge is 0.0631 e. The fraction of sp³-hybridized carbons (Fsp3) is 0. The maximum Gasteiger partial charge on any atom is 0.121 e. The molecule has 2 radical (unpaired) electrons. The zero-order chi connectivity index (χ0) is 32.6. The number of hydrogen-bond donors (Lipinski definition) is 0. The highest BCUT2D eigenvalue weighted by atomic mass is 28.2. The van der Waals surface area contributed by atoms with Crippen molar-refractivity contribution in [2.45, 2.75) is 0 Å². The quantitative estimate of drug-likeness (QED) is 0.126. The van der Waals surface area contributed by atoms with E-state index in [1.54, 1.807) is 0 Å². The molecular formula is C48H32Si. The molecule has 0 fully saturated rings. The molecule has 49 heavy (non-hydrogen) atoms. The van der Waals surface area contributed by atoms with Gasteiger partial charge in [0, 0.05) is 0 Å². The minimum atomic E-state index is 0.574. The van der Waals surface area contributed by atoms with Gasteiger partial charge in [0.15, 0.2) is 0 Å². The van der Waals surface area contributed by atoms with Crippen molar-refractivity contribution in [2.24, 2.45) is 0 Å². The Hall–Kier alpha value is -6.02. The average Bonchev–Trinajstić information content (AvgIpc) is 3.18. The number of rotatable bonds is 6. The number of hydrogen-bond acceptors (Lipinski definition) is 0. The molecule has 0 unspecified atom stereocenters. The Morgan fingerprint density at radius 3 is 1.45 bits per heavy atom. The summed E-state index contributed by atoms with van der Waals surface area (Å²) in [6, 6.07) is 71.2. The summed E-state index contributed by atoms with van der Waals surface area (Å²) in [4.78, 5) is 0. The van der Waals surface area contributed by atoms with E-state index in [4.69, 9.17) is 0 Å². The molecule has 0 saturated carbocycles. The van der Waals surface area contributed by atoms with Crippen LogP contribution in [0, 0.1) is 0 Å². The Balaban J connectivity index is 1.39. The third-order valence-corrected chi connectivity index (χ3v) is 10.8. The number of benzene rings is 9. The monoisotopic (exact) mass is 636 g/mol. The van der Waals surface area contributed by atoms with E-state index in [0.29, 0.717) is 9.52 Å². The zero-order valence-electron chi connectivity index (χ0n) is 27.0. The summed E-state index contributed by atoms with van der Waals surface area (Å²) < 4.78 is 0. The lowest BCUT2D eigenvalue weighted by Crippen LogP contribution is -2.26. The fourth-order valence-electron chi connectivity index (χ4n) is 7.36. The molecule has 9 aromatic rings. The highest BCUT2D eigenvalue weighted by Crippen LogP contribution is 2.46. The number of fused-ring (bicyclic) bond motifs is 3. The molecule has 0 nitrogen and oxygen atoms in total. The largest absolute Gasteiger partial charge is 0.121 e. The molecule has 1 heteroatoms. The van der Waals surface area contributed by atoms with Crippen LogP contribution in [0.5, 0.6) is 0 Å². The minimum absolute atomic E-state index is 0.574. The Labute approximate surface area is 289 Å². The Kier molecular flexibility index (Phi) is 7.46. The van der Waals surface area contributed by atoms with Crippen LogP contribution in [0.2, 0.25) is 0 Å². The van der Waals surface area contributed by atoms with Gasteiger partial charge in [-0.2, -0.15) is 0 Å². The van der Waals surface area contributed by atoms with Gasteiger partial charge < -0.3 is 0 Å². The molecule has 0 N–H and O–H groups in total. The van der Waals surface area contributed by atoms with Crippen LogP contribution in [0.3, 0.4) is 0 Å². The van der Waals surface area contributed by atoms with E-state index in [1.165, 1.54) is 87.2 Å². The Bertz CT molecular complexity index is 2540. The van der Waals surface area contributed by atoms with Gasteiger partial charge in [-0.25, -0.2) is 0 Å². The first-order valence-corrected chi connectivity index (χ1v) is 17.9. The molecule has 228 valence electrons. The molecule has 0 aliphatic heterocycles. The van der Waals surface area contributed by atoms with E-state index >= 15 is 0 Å². The second kappa shape index (κ2) is 12.5. The van der Waals surface area contributed by atoms with Gasteiger partial charge in [-0.3, -0.25) is 0 Å². The average molecular weight is 637 g/mol. The van der Waals surface area contributed by atoms with Crippen LogP contribution in [-0.2, 0) is 0 Å². The van der Waals surface area contributed by atoms with E-state index in [2.05, 4.69) is 194 Å². The van der Waals surface area contributed by atoms with Gasteiger partial charge in [-0.15, -0.1) is 0 Å². The molecule has 0 aliphatic carbocycles. The molecular weight excluding hydrogens is 605 g/mol. The molecule has 0 saturated heterocycles. The Morgan fingerprint density at radius 1 is 0.265 bits per heavy atom. The van der Waals surface area contributed by atoms with Gasteiger partial charge in [-0.05, 0) is 95.0 Å². The molecule has 0 aromatic heterocycles. The third-order valence-electron chi connectivity index (χ3n) is 9.58. The highest BCUT2D eigenvalue weighted by molar-refractivity contribution is 6.67. The molecule has 9 rings (SSSR count). The van der Waals surface area contributed by atoms with Gasteiger partial charge >= 0.3 is 0 Å². The molecule has 0 bridgehead atoms. The maximum absolute atomic E-state index is 2.47. The van der Waals surface area contributed by atoms with E-state index < -0.39 is 0 Å². The molecule has 0 spiro atoms. The van der Waals surface area contributed by atoms with Gasteiger partial charge in [0.05, 0.1) is 0 Å². The normalized spacial score (nSPS) is 11.3. The van der Waals surface area contributed by atoms with Crippen molar-refractivity contribution >= 4 is 52.2 Å². The van der Waals surface area contributed by atoms with Crippen LogP contribution in [0.1, 0.15) is 0 Å². The van der Waals surface area contributed by atoms with E-state index in [1.807, 2.05) is 0 Å². The Morgan fingerprint density at radius 2 is 0.776 bits per heavy atom. The summed E-state index contributed by atoms with van der Waals surface area (Å²) in [7, 11) is 0.574. The van der Waals surface area contributed by atoms with Crippen molar-refractivity contribution in [3.8, 4) is 44.5 Å². The summed E-state index contributed by atoms with van der Waals surface area (Å²) >= 11 is 0. The van der Waals surface area contributed by atoms with Crippen molar-refractivity contribution in [3.05, 3.63) is 194 Å². The topological polar surface area (TPSA) is 0 Å². The lowest BCUT2D eigenvalue weighted by atomic mass is 9.83. The summed E-state index contributed by atoms with van der Waals surface area (Å²) in [5.41, 5.74) is 9.94. The van der Waals surface area contributed by atoms with Crippen LogP contribution < -0.4 is 10.4 Å². The summed E-state index contributed by atoms with van der Waals surface area (Å²) in [5.74, 6) is 0. The predicted octanol–water partition coefficient (Wildman–Crippen LogP) is 11.5. The van der Waals surface area contributed by atoms with Gasteiger partial charge in [-0.1, -0.05) is 186 Å². The molecule has 0 amide bonds. The van der Waals surface area contributed by atoms with Crippen LogP contribution in [0.4, 0.5) is 0 Å². The van der Waals surface area contributed by atoms with E-state index in [-0.39, 0.29) is 0 Å². The summed E-state index contributed by atoms with van der Waals surface area (Å²) in [5, 5.41) is 10.3. The van der Waals surface area contributed by atoms with Crippen molar-refractivity contribution in [1.82, 2.24) is 0 Å². The molecule has 0 heterocycles. The zero-order valence-corrected chi connectivity index (χ0v) is 28.0. The molecule has 9 aromatic carbocycles. The first-order chi connectivity index (χ1) is 24.3. The fourth-order valence-corrected chi connectivity index (χ4v) is 8.43. The third kappa shape index (κ3) is 5.45. The molecule has 0 atom stereocenters. The second-order valence-corrected chi connectivity index (χ2v) is 14.0. The van der Waals surface area contributed by atoms with Gasteiger partial charge in [0.1, 0.15) is 9.52 Å². The van der Waals surface area contributed by atoms with Crippen LogP contribution in [-0.4, -0.2) is 9.52 Å². The first kappa shape index (κ1) is 29.1. The SMILES string of the molecule is c1ccc([Si]c2ccc3c(-c4cc(-c5ccccc5)cc(-c5ccccc5)c4)c4ccccc4c(-c4cccc5ccccc45)c3c2)cc1.